The Kier molecular flexibility index (Phi) is 7.85. The molecule has 0 unspecified atom stereocenters. The van der Waals surface area contributed by atoms with Crippen LogP contribution < -0.4 is 21.2 Å². The van der Waals surface area contributed by atoms with Crippen molar-refractivity contribution >= 4 is 37.1 Å². The molecule has 0 aliphatic rings. The molecule has 162 valence electrons. The van der Waals surface area contributed by atoms with Crippen LogP contribution in [-0.4, -0.2) is 28.3 Å². The Morgan fingerprint density at radius 2 is 0.781 bits per heavy atom. The van der Waals surface area contributed by atoms with Gasteiger partial charge in [-0.25, -0.2) is 0 Å². The quantitative estimate of drug-likeness (QED) is 0.290. The van der Waals surface area contributed by atoms with Gasteiger partial charge in [0, 0.05) is 12.6 Å². The predicted octanol–water partition coefficient (Wildman–Crippen LogP) is 4.32. The molecule has 4 aromatic rings. The molecule has 32 heavy (non-hydrogen) atoms. The zero-order chi connectivity index (χ0) is 22.2. The van der Waals surface area contributed by atoms with Crippen LogP contribution in [0.15, 0.2) is 121 Å². The van der Waals surface area contributed by atoms with Crippen molar-refractivity contribution in [3.05, 3.63) is 121 Å². The second-order valence-corrected chi connectivity index (χ2v) is 12.4. The third kappa shape index (κ3) is 6.12. The van der Waals surface area contributed by atoms with E-state index in [4.69, 9.17) is 0 Å². The van der Waals surface area contributed by atoms with Gasteiger partial charge in [-0.15, -0.1) is 0 Å². The van der Waals surface area contributed by atoms with Crippen molar-refractivity contribution in [2.75, 3.05) is 12.3 Å². The zero-order valence-corrected chi connectivity index (χ0v) is 19.7. The molecule has 0 radical (unpaired) electrons. The predicted molar refractivity (Wildman–Crippen MR) is 140 cm³/mol. The highest BCUT2D eigenvalue weighted by atomic mass is 31.1. The molecule has 0 bridgehead atoms. The fraction of sp³-hybridized carbons (Fsp3) is 0.143. The van der Waals surface area contributed by atoms with Gasteiger partial charge in [0.05, 0.1) is 0 Å². The molecule has 0 fully saturated rings. The van der Waals surface area contributed by atoms with Crippen LogP contribution in [-0.2, 0) is 0 Å². The van der Waals surface area contributed by atoms with Gasteiger partial charge >= 0.3 is 0 Å². The Balaban J connectivity index is 1.55. The molecule has 0 heterocycles. The maximum absolute atomic E-state index is 11.1. The largest absolute Gasteiger partial charge is 0.365 e. The number of hydrogen-bond acceptors (Lipinski definition) is 2. The maximum atomic E-state index is 11.1. The fourth-order valence-electron chi connectivity index (χ4n) is 3.79. The zero-order valence-electron chi connectivity index (χ0n) is 18.0. The second-order valence-electron chi connectivity index (χ2n) is 7.81. The maximum Gasteiger partial charge on any atom is 0.167 e. The topological polar surface area (TPSA) is 40.5 Å². The molecule has 0 spiro atoms. The summed E-state index contributed by atoms with van der Waals surface area (Å²) in [6.45, 7) is 0. The van der Waals surface area contributed by atoms with E-state index in [0.717, 1.165) is 16.8 Å². The Labute approximate surface area is 193 Å². The van der Waals surface area contributed by atoms with E-state index >= 15 is 0 Å². The summed E-state index contributed by atoms with van der Waals surface area (Å²) in [6.07, 6.45) is 1.38. The van der Waals surface area contributed by atoms with Crippen molar-refractivity contribution < 1.29 is 10.2 Å². The van der Waals surface area contributed by atoms with E-state index in [0.29, 0.717) is 12.6 Å². The van der Waals surface area contributed by atoms with E-state index in [2.05, 4.69) is 72.8 Å². The number of hydrogen-bond donors (Lipinski definition) is 2. The highest BCUT2D eigenvalue weighted by molar-refractivity contribution is 7.73. The van der Waals surface area contributed by atoms with Crippen LogP contribution in [0.1, 0.15) is 6.42 Å². The van der Waals surface area contributed by atoms with E-state index in [9.17, 15) is 10.2 Å². The molecule has 4 aromatic carbocycles. The Morgan fingerprint density at radius 3 is 1.12 bits per heavy atom. The minimum atomic E-state index is -1.73. The van der Waals surface area contributed by atoms with Crippen molar-refractivity contribution in [3.63, 3.8) is 0 Å². The second kappa shape index (κ2) is 11.0. The van der Waals surface area contributed by atoms with Crippen LogP contribution in [0.4, 0.5) is 0 Å². The molecule has 4 rings (SSSR count). The van der Waals surface area contributed by atoms with Gasteiger partial charge in [0.1, 0.15) is 0 Å². The van der Waals surface area contributed by atoms with Crippen molar-refractivity contribution in [1.82, 2.24) is 0 Å². The molecule has 0 saturated heterocycles. The Morgan fingerprint density at radius 1 is 0.469 bits per heavy atom. The summed E-state index contributed by atoms with van der Waals surface area (Å²) in [5, 5.41) is 27.1. The van der Waals surface area contributed by atoms with Crippen LogP contribution in [0.3, 0.4) is 0 Å². The van der Waals surface area contributed by atoms with Crippen LogP contribution >= 0.6 is 15.8 Å². The van der Waals surface area contributed by atoms with Crippen molar-refractivity contribution in [2.24, 2.45) is 0 Å². The normalized spacial score (nSPS) is 11.8. The summed E-state index contributed by atoms with van der Waals surface area (Å²) in [7, 11) is -1.53. The third-order valence-corrected chi connectivity index (χ3v) is 10.6. The SMILES string of the molecule is OC(O)(CCP(c1ccccc1)c1ccccc1)CP(c1ccccc1)c1ccccc1. The van der Waals surface area contributed by atoms with E-state index in [-0.39, 0.29) is 0 Å². The van der Waals surface area contributed by atoms with Gasteiger partial charge in [0.15, 0.2) is 5.79 Å². The molecule has 0 aromatic heterocycles. The van der Waals surface area contributed by atoms with Gasteiger partial charge in [0.25, 0.3) is 0 Å². The molecular formula is C28H28O2P2. The molecule has 2 nitrogen and oxygen atoms in total. The van der Waals surface area contributed by atoms with Gasteiger partial charge in [-0.3, -0.25) is 0 Å². The molecule has 0 saturated carbocycles. The first-order chi connectivity index (χ1) is 15.6. The summed E-state index contributed by atoms with van der Waals surface area (Å²) in [5.74, 6) is -1.73. The Hall–Kier alpha value is -2.34. The summed E-state index contributed by atoms with van der Waals surface area (Å²) >= 11 is 0. The van der Waals surface area contributed by atoms with Gasteiger partial charge in [0.2, 0.25) is 0 Å². The molecular weight excluding hydrogens is 430 g/mol. The Bertz CT molecular complexity index is 992. The molecule has 2 N–H and O–H groups in total. The number of benzene rings is 4. The lowest BCUT2D eigenvalue weighted by Crippen LogP contribution is -2.36. The van der Waals surface area contributed by atoms with E-state index in [1.165, 1.54) is 10.6 Å². The average Bonchev–Trinajstić information content (AvgIpc) is 2.85. The van der Waals surface area contributed by atoms with Gasteiger partial charge in [-0.05, 0) is 43.2 Å². The molecule has 0 aliphatic heterocycles. The molecule has 0 amide bonds. The lowest BCUT2D eigenvalue weighted by atomic mass is 10.2. The van der Waals surface area contributed by atoms with Crippen LogP contribution in [0.25, 0.3) is 0 Å². The highest BCUT2D eigenvalue weighted by Crippen LogP contribution is 2.40. The van der Waals surface area contributed by atoms with Crippen molar-refractivity contribution in [2.45, 2.75) is 12.2 Å². The lowest BCUT2D eigenvalue weighted by molar-refractivity contribution is -0.141. The number of rotatable bonds is 9. The fourth-order valence-corrected chi connectivity index (χ4v) is 8.65. The van der Waals surface area contributed by atoms with Crippen LogP contribution in [0, 0.1) is 0 Å². The molecule has 0 aliphatic carbocycles. The van der Waals surface area contributed by atoms with Crippen molar-refractivity contribution in [1.29, 1.82) is 0 Å². The summed E-state index contributed by atoms with van der Waals surface area (Å²) in [5.41, 5.74) is 0. The minimum absolute atomic E-state index is 0.323. The van der Waals surface area contributed by atoms with Crippen molar-refractivity contribution in [3.8, 4) is 0 Å². The summed E-state index contributed by atoms with van der Waals surface area (Å²) < 4.78 is 0. The standard InChI is InChI=1S/C28H28O2P2/c29-28(30,23-32(26-17-9-3-10-18-26)27-19-11-4-12-20-27)21-22-31(24-13-5-1-6-14-24)25-15-7-2-8-16-25/h1-20,29-30H,21-23H2. The first-order valence-electron chi connectivity index (χ1n) is 10.8. The molecule has 4 heteroatoms. The smallest absolute Gasteiger partial charge is 0.167 e. The van der Waals surface area contributed by atoms with Crippen LogP contribution in [0.5, 0.6) is 0 Å². The highest BCUT2D eigenvalue weighted by Gasteiger charge is 2.30. The van der Waals surface area contributed by atoms with Gasteiger partial charge < -0.3 is 10.2 Å². The van der Waals surface area contributed by atoms with Gasteiger partial charge in [-0.2, -0.15) is 0 Å². The summed E-state index contributed by atoms with van der Waals surface area (Å²) in [6, 6.07) is 41.3. The average molecular weight is 458 g/mol. The minimum Gasteiger partial charge on any atom is -0.365 e. The summed E-state index contributed by atoms with van der Waals surface area (Å²) in [4.78, 5) is 0. The first kappa shape index (κ1) is 22.8. The molecule has 0 atom stereocenters. The van der Waals surface area contributed by atoms with E-state index in [1.54, 1.807) is 0 Å². The first-order valence-corrected chi connectivity index (χ1v) is 13.9. The van der Waals surface area contributed by atoms with Gasteiger partial charge in [-0.1, -0.05) is 121 Å². The van der Waals surface area contributed by atoms with E-state index < -0.39 is 21.6 Å². The third-order valence-electron chi connectivity index (χ3n) is 5.42. The lowest BCUT2D eigenvalue weighted by Gasteiger charge is -2.30. The number of aliphatic hydroxyl groups is 2. The monoisotopic (exact) mass is 458 g/mol. The van der Waals surface area contributed by atoms with E-state index in [1.807, 2.05) is 48.5 Å². The van der Waals surface area contributed by atoms with Crippen LogP contribution in [0.2, 0.25) is 0 Å².